The van der Waals surface area contributed by atoms with Crippen molar-refractivity contribution in [3.05, 3.63) is 28.1 Å². The Balaban J connectivity index is 2.78. The molecule has 1 aliphatic heterocycles. The minimum absolute atomic E-state index is 0.176. The van der Waals surface area contributed by atoms with Gasteiger partial charge in [0.25, 0.3) is 0 Å². The van der Waals surface area contributed by atoms with E-state index in [-0.39, 0.29) is 11.4 Å². The van der Waals surface area contributed by atoms with Crippen LogP contribution in [0.2, 0.25) is 0 Å². The van der Waals surface area contributed by atoms with Crippen molar-refractivity contribution in [2.75, 3.05) is 0 Å². The zero-order valence-corrected chi connectivity index (χ0v) is 9.09. The fourth-order valence-electron chi connectivity index (χ4n) is 1.92. The van der Waals surface area contributed by atoms with Crippen LogP contribution in [0.15, 0.2) is 12.1 Å². The molecule has 0 amide bonds. The molecule has 1 aromatic rings. The Hall–Kier alpha value is -1.57. The predicted molar refractivity (Wildman–Crippen MR) is 60.0 cm³/mol. The zero-order chi connectivity index (χ0) is 11.2. The highest BCUT2D eigenvalue weighted by Gasteiger charge is 2.33. The van der Waals surface area contributed by atoms with Crippen LogP contribution >= 0.6 is 0 Å². The smallest absolute Gasteiger partial charge is 0.312 e. The molecule has 0 fully saturated rings. The van der Waals surface area contributed by atoms with Gasteiger partial charge in [0.15, 0.2) is 0 Å². The van der Waals surface area contributed by atoms with Crippen molar-refractivity contribution in [3.8, 4) is 5.75 Å². The lowest BCUT2D eigenvalue weighted by atomic mass is 9.79. The second-order valence-corrected chi connectivity index (χ2v) is 4.61. The molecule has 2 heteroatoms. The Labute approximate surface area is 88.9 Å². The quantitative estimate of drug-likeness (QED) is 0.465. The van der Waals surface area contributed by atoms with E-state index in [0.29, 0.717) is 17.4 Å². The number of rotatable bonds is 0. The molecule has 0 spiro atoms. The summed E-state index contributed by atoms with van der Waals surface area (Å²) in [5.41, 5.74) is 0.865. The predicted octanol–water partition coefficient (Wildman–Crippen LogP) is 1.09. The third-order valence-electron chi connectivity index (χ3n) is 2.89. The second-order valence-electron chi connectivity index (χ2n) is 4.61. The fourth-order valence-corrected chi connectivity index (χ4v) is 1.92. The van der Waals surface area contributed by atoms with E-state index < -0.39 is 0 Å². The Morgan fingerprint density at radius 3 is 2.67 bits per heavy atom. The third kappa shape index (κ3) is 1.46. The first-order valence-corrected chi connectivity index (χ1v) is 4.94. The molecule has 2 nitrogen and oxygen atoms in total. The van der Waals surface area contributed by atoms with E-state index >= 15 is 0 Å². The molecule has 78 valence electrons. The number of carbonyl (C=O) groups excluding carboxylic acids is 1. The highest BCUT2D eigenvalue weighted by Crippen LogP contribution is 2.35. The molecule has 0 unspecified atom stereocenters. The molecule has 0 N–H and O–H groups in total. The van der Waals surface area contributed by atoms with Gasteiger partial charge in [-0.3, -0.25) is 4.79 Å². The van der Waals surface area contributed by atoms with Gasteiger partial charge in [0.1, 0.15) is 5.75 Å². The number of ether oxygens (including phenoxy) is 1. The zero-order valence-electron chi connectivity index (χ0n) is 9.09. The lowest BCUT2D eigenvalue weighted by molar-refractivity contribution is -0.137. The summed E-state index contributed by atoms with van der Waals surface area (Å²) in [6.45, 7) is 11.8. The average molecular weight is 202 g/mol. The van der Waals surface area contributed by atoms with E-state index in [0.717, 1.165) is 10.8 Å². The summed E-state index contributed by atoms with van der Waals surface area (Å²) in [6, 6.07) is 3.89. The monoisotopic (exact) mass is 202 g/mol. The van der Waals surface area contributed by atoms with E-state index in [2.05, 4.69) is 13.2 Å². The summed E-state index contributed by atoms with van der Waals surface area (Å²) in [6.07, 6.45) is 0.413. The summed E-state index contributed by atoms with van der Waals surface area (Å²) >= 11 is 0. The normalized spacial score (nSPS) is 18.1. The average Bonchev–Trinajstić information content (AvgIpc) is 2.10. The van der Waals surface area contributed by atoms with Gasteiger partial charge in [-0.15, -0.1) is 0 Å². The van der Waals surface area contributed by atoms with Gasteiger partial charge in [0, 0.05) is 16.2 Å². The molecule has 1 aromatic carbocycles. The molecule has 1 heterocycles. The van der Waals surface area contributed by atoms with Gasteiger partial charge in [-0.2, -0.15) is 0 Å². The molecule has 1 aliphatic rings. The van der Waals surface area contributed by atoms with Gasteiger partial charge >= 0.3 is 5.97 Å². The van der Waals surface area contributed by atoms with E-state index in [1.807, 2.05) is 26.0 Å². The maximum Gasteiger partial charge on any atom is 0.312 e. The molecule has 0 aliphatic carbocycles. The highest BCUT2D eigenvalue weighted by atomic mass is 16.5. The van der Waals surface area contributed by atoms with Gasteiger partial charge in [0.05, 0.1) is 6.42 Å². The Morgan fingerprint density at radius 1 is 1.33 bits per heavy atom. The van der Waals surface area contributed by atoms with Crippen LogP contribution in [0, 0.1) is 0 Å². The summed E-state index contributed by atoms with van der Waals surface area (Å²) in [4.78, 5) is 11.4. The van der Waals surface area contributed by atoms with Crippen molar-refractivity contribution in [3.63, 3.8) is 0 Å². The van der Waals surface area contributed by atoms with Crippen LogP contribution in [0.5, 0.6) is 5.75 Å². The molecule has 0 bridgehead atoms. The van der Waals surface area contributed by atoms with Crippen LogP contribution in [0.4, 0.5) is 0 Å². The maximum atomic E-state index is 11.4. The van der Waals surface area contributed by atoms with Gasteiger partial charge in [-0.1, -0.05) is 39.1 Å². The summed E-state index contributed by atoms with van der Waals surface area (Å²) in [5, 5.41) is 1.52. The first-order valence-electron chi connectivity index (χ1n) is 4.94. The third-order valence-corrected chi connectivity index (χ3v) is 2.89. The number of esters is 1. The molecule has 15 heavy (non-hydrogen) atoms. The summed E-state index contributed by atoms with van der Waals surface area (Å²) in [7, 11) is 0. The maximum absolute atomic E-state index is 11.4. The topological polar surface area (TPSA) is 26.3 Å². The van der Waals surface area contributed by atoms with Crippen LogP contribution in [-0.2, 0) is 10.2 Å². The molecule has 2 rings (SSSR count). The van der Waals surface area contributed by atoms with E-state index in [1.165, 1.54) is 0 Å². The van der Waals surface area contributed by atoms with Gasteiger partial charge in [0.2, 0.25) is 0 Å². The van der Waals surface area contributed by atoms with Crippen molar-refractivity contribution in [2.24, 2.45) is 0 Å². The van der Waals surface area contributed by atoms with Crippen molar-refractivity contribution in [2.45, 2.75) is 25.7 Å². The van der Waals surface area contributed by atoms with E-state index in [9.17, 15) is 4.79 Å². The van der Waals surface area contributed by atoms with Crippen molar-refractivity contribution in [1.29, 1.82) is 0 Å². The van der Waals surface area contributed by atoms with E-state index in [1.54, 1.807) is 0 Å². The number of hydrogen-bond donors (Lipinski definition) is 0. The number of hydrogen-bond acceptors (Lipinski definition) is 2. The van der Waals surface area contributed by atoms with Crippen molar-refractivity contribution in [1.82, 2.24) is 0 Å². The number of benzene rings is 1. The molecular weight excluding hydrogens is 188 g/mol. The standard InChI is InChI=1S/C13H14O2/c1-8-5-6-10-12(9(8)2)15-11(14)7-13(10,3)4/h5-6H,1-2,7H2,3-4H3. The fraction of sp³-hybridized carbons (Fsp3) is 0.308. The largest absolute Gasteiger partial charge is 0.426 e. The minimum atomic E-state index is -0.192. The Kier molecular flexibility index (Phi) is 1.97. The molecule has 0 radical (unpaired) electrons. The second kappa shape index (κ2) is 2.96. The first kappa shape index (κ1) is 9.97. The summed E-state index contributed by atoms with van der Waals surface area (Å²) in [5.74, 6) is 0.409. The number of carbonyl (C=O) groups is 1. The van der Waals surface area contributed by atoms with Crippen LogP contribution in [-0.4, -0.2) is 5.97 Å². The molecule has 0 atom stereocenters. The minimum Gasteiger partial charge on any atom is -0.426 e. The van der Waals surface area contributed by atoms with Crippen LogP contribution in [0.3, 0.4) is 0 Å². The number of fused-ring (bicyclic) bond motifs is 1. The van der Waals surface area contributed by atoms with Crippen molar-refractivity contribution < 1.29 is 9.53 Å². The molecule has 0 saturated heterocycles. The molecule has 0 aromatic heterocycles. The summed E-state index contributed by atoms with van der Waals surface area (Å²) < 4.78 is 5.24. The van der Waals surface area contributed by atoms with Gasteiger partial charge < -0.3 is 4.74 Å². The van der Waals surface area contributed by atoms with E-state index in [4.69, 9.17) is 4.74 Å². The molecule has 0 saturated carbocycles. The van der Waals surface area contributed by atoms with Crippen molar-refractivity contribution >= 4 is 19.1 Å². The van der Waals surface area contributed by atoms with Crippen LogP contribution in [0.1, 0.15) is 25.8 Å². The van der Waals surface area contributed by atoms with Crippen LogP contribution in [0.25, 0.3) is 13.2 Å². The van der Waals surface area contributed by atoms with Gasteiger partial charge in [-0.05, 0) is 5.22 Å². The SMILES string of the molecule is C=c1ccc2c(c1=C)OC(=O)CC2(C)C. The first-order chi connectivity index (χ1) is 6.92. The van der Waals surface area contributed by atoms with Gasteiger partial charge in [-0.25, -0.2) is 0 Å². The molecular formula is C13H14O2. The highest BCUT2D eigenvalue weighted by molar-refractivity contribution is 5.77. The Bertz CT molecular complexity index is 526. The van der Waals surface area contributed by atoms with Crippen LogP contribution < -0.4 is 15.2 Å². The lowest BCUT2D eigenvalue weighted by Gasteiger charge is -2.31. The lowest BCUT2D eigenvalue weighted by Crippen LogP contribution is -2.37. The Morgan fingerprint density at radius 2 is 2.00 bits per heavy atom.